The Balaban J connectivity index is 2.38. The molecule has 1 aliphatic rings. The summed E-state index contributed by atoms with van der Waals surface area (Å²) in [7, 11) is 0. The molecule has 0 bridgehead atoms. The van der Waals surface area contributed by atoms with Gasteiger partial charge in [0.2, 0.25) is 5.91 Å². The fraction of sp³-hybridized carbons (Fsp3) is 0.818. The van der Waals surface area contributed by atoms with E-state index in [9.17, 15) is 4.79 Å². The van der Waals surface area contributed by atoms with Gasteiger partial charge in [0, 0.05) is 13.0 Å². The summed E-state index contributed by atoms with van der Waals surface area (Å²) >= 11 is 4.85. The van der Waals surface area contributed by atoms with E-state index in [-0.39, 0.29) is 5.91 Å². The molecule has 0 aliphatic heterocycles. The molecule has 0 radical (unpaired) electrons. The molecule has 3 nitrogen and oxygen atoms in total. The smallest absolute Gasteiger partial charge is 0.223 e. The lowest BCUT2D eigenvalue weighted by atomic mass is 9.82. The highest BCUT2D eigenvalue weighted by Crippen LogP contribution is 2.29. The molecule has 1 saturated carbocycles. The zero-order valence-electron chi connectivity index (χ0n) is 9.37. The minimum absolute atomic E-state index is 0.217. The number of carbonyl (C=O) groups excluding carboxylic acids is 1. The van der Waals surface area contributed by atoms with Crippen molar-refractivity contribution in [3.63, 3.8) is 0 Å². The van der Waals surface area contributed by atoms with Gasteiger partial charge in [0.1, 0.15) is 0 Å². The Morgan fingerprint density at radius 3 is 2.60 bits per heavy atom. The van der Waals surface area contributed by atoms with Crippen molar-refractivity contribution in [2.75, 3.05) is 13.1 Å². The summed E-state index contributed by atoms with van der Waals surface area (Å²) in [4.78, 5) is 14.1. The summed E-state index contributed by atoms with van der Waals surface area (Å²) in [5.74, 6) is 0.831. The van der Waals surface area contributed by atoms with E-state index in [1.54, 1.807) is 4.90 Å². The lowest BCUT2D eigenvalue weighted by Gasteiger charge is -2.28. The number of amides is 1. The van der Waals surface area contributed by atoms with E-state index in [1.807, 2.05) is 0 Å². The summed E-state index contributed by atoms with van der Waals surface area (Å²) in [5.41, 5.74) is 5.48. The number of rotatable bonds is 6. The zero-order valence-corrected chi connectivity index (χ0v) is 10.2. The normalized spacial score (nSPS) is 15.8. The molecule has 2 N–H and O–H groups in total. The maximum absolute atomic E-state index is 11.9. The van der Waals surface area contributed by atoms with Crippen LogP contribution in [-0.2, 0) is 4.79 Å². The maximum atomic E-state index is 11.9. The van der Waals surface area contributed by atoms with Gasteiger partial charge in [-0.2, -0.15) is 0 Å². The highest BCUT2D eigenvalue weighted by molar-refractivity contribution is 7.80. The third-order valence-electron chi connectivity index (χ3n) is 2.88. The predicted octanol–water partition coefficient (Wildman–Crippen LogP) is 1.70. The van der Waals surface area contributed by atoms with Gasteiger partial charge in [0.25, 0.3) is 0 Å². The minimum atomic E-state index is 0.217. The van der Waals surface area contributed by atoms with Crippen molar-refractivity contribution in [2.24, 2.45) is 11.7 Å². The van der Waals surface area contributed by atoms with Gasteiger partial charge in [-0.05, 0) is 25.2 Å². The third-order valence-corrected chi connectivity index (χ3v) is 3.01. The second kappa shape index (κ2) is 6.05. The Labute approximate surface area is 97.0 Å². The Kier molecular flexibility index (Phi) is 5.02. The number of hydrogen-bond acceptors (Lipinski definition) is 2. The quantitative estimate of drug-likeness (QED) is 0.704. The molecular formula is C11H20N2OS. The molecule has 15 heavy (non-hydrogen) atoms. The van der Waals surface area contributed by atoms with Crippen LogP contribution >= 0.6 is 12.2 Å². The molecule has 0 heterocycles. The summed E-state index contributed by atoms with van der Waals surface area (Å²) in [6.45, 7) is 3.26. The molecule has 0 unspecified atom stereocenters. The first-order valence-corrected chi connectivity index (χ1v) is 6.10. The van der Waals surface area contributed by atoms with Crippen molar-refractivity contribution in [2.45, 2.75) is 39.0 Å². The van der Waals surface area contributed by atoms with E-state index in [1.165, 1.54) is 19.3 Å². The van der Waals surface area contributed by atoms with Crippen molar-refractivity contribution in [1.29, 1.82) is 0 Å². The SMILES string of the molecule is CCCN(CC(N)=S)C(=O)CC1CCC1. The summed E-state index contributed by atoms with van der Waals surface area (Å²) < 4.78 is 0. The average molecular weight is 228 g/mol. The van der Waals surface area contributed by atoms with Crippen LogP contribution in [0.4, 0.5) is 0 Å². The largest absolute Gasteiger partial charge is 0.392 e. The first kappa shape index (κ1) is 12.4. The van der Waals surface area contributed by atoms with E-state index in [0.29, 0.717) is 23.9 Å². The van der Waals surface area contributed by atoms with Crippen LogP contribution in [0.3, 0.4) is 0 Å². The maximum Gasteiger partial charge on any atom is 0.223 e. The van der Waals surface area contributed by atoms with Gasteiger partial charge in [-0.15, -0.1) is 0 Å². The Hall–Kier alpha value is -0.640. The Morgan fingerprint density at radius 2 is 2.20 bits per heavy atom. The zero-order chi connectivity index (χ0) is 11.3. The topological polar surface area (TPSA) is 46.3 Å². The number of carbonyl (C=O) groups is 1. The van der Waals surface area contributed by atoms with E-state index in [4.69, 9.17) is 18.0 Å². The number of hydrogen-bond donors (Lipinski definition) is 1. The fourth-order valence-electron chi connectivity index (χ4n) is 1.82. The molecule has 1 rings (SSSR count). The van der Waals surface area contributed by atoms with Crippen molar-refractivity contribution in [1.82, 2.24) is 4.90 Å². The van der Waals surface area contributed by atoms with E-state index < -0.39 is 0 Å². The first-order chi connectivity index (χ1) is 7.13. The van der Waals surface area contributed by atoms with Gasteiger partial charge in [-0.3, -0.25) is 4.79 Å². The highest BCUT2D eigenvalue weighted by atomic mass is 32.1. The van der Waals surface area contributed by atoms with Crippen LogP contribution in [0.15, 0.2) is 0 Å². The van der Waals surface area contributed by atoms with Gasteiger partial charge < -0.3 is 10.6 Å². The third kappa shape index (κ3) is 4.16. The van der Waals surface area contributed by atoms with E-state index in [2.05, 4.69) is 6.92 Å². The first-order valence-electron chi connectivity index (χ1n) is 5.69. The molecule has 0 aromatic heterocycles. The fourth-order valence-corrected chi connectivity index (χ4v) is 1.98. The average Bonchev–Trinajstić information content (AvgIpc) is 2.09. The van der Waals surface area contributed by atoms with Crippen LogP contribution in [0.1, 0.15) is 39.0 Å². The van der Waals surface area contributed by atoms with E-state index >= 15 is 0 Å². The van der Waals surface area contributed by atoms with Crippen LogP contribution in [0.2, 0.25) is 0 Å². The molecule has 4 heteroatoms. The van der Waals surface area contributed by atoms with Gasteiger partial charge in [-0.25, -0.2) is 0 Å². The molecule has 0 saturated heterocycles. The molecule has 1 amide bonds. The summed E-state index contributed by atoms with van der Waals surface area (Å²) in [5, 5.41) is 0. The van der Waals surface area contributed by atoms with Crippen molar-refractivity contribution >= 4 is 23.1 Å². The number of nitrogens with zero attached hydrogens (tertiary/aromatic N) is 1. The van der Waals surface area contributed by atoms with Crippen LogP contribution in [-0.4, -0.2) is 28.9 Å². The van der Waals surface area contributed by atoms with Crippen molar-refractivity contribution in [3.05, 3.63) is 0 Å². The van der Waals surface area contributed by atoms with Gasteiger partial charge in [0.05, 0.1) is 11.5 Å². The Bertz CT molecular complexity index is 239. The summed E-state index contributed by atoms with van der Waals surface area (Å²) in [6, 6.07) is 0. The lowest BCUT2D eigenvalue weighted by molar-refractivity contribution is -0.132. The highest BCUT2D eigenvalue weighted by Gasteiger charge is 2.23. The molecule has 1 fully saturated rings. The van der Waals surface area contributed by atoms with Crippen LogP contribution in [0.5, 0.6) is 0 Å². The van der Waals surface area contributed by atoms with E-state index in [0.717, 1.165) is 13.0 Å². The van der Waals surface area contributed by atoms with Gasteiger partial charge in [-0.1, -0.05) is 25.6 Å². The van der Waals surface area contributed by atoms with Gasteiger partial charge in [0.15, 0.2) is 0 Å². The molecule has 1 aliphatic carbocycles. The molecule has 0 aromatic rings. The van der Waals surface area contributed by atoms with Crippen LogP contribution in [0, 0.1) is 5.92 Å². The van der Waals surface area contributed by atoms with Crippen molar-refractivity contribution < 1.29 is 4.79 Å². The van der Waals surface area contributed by atoms with Gasteiger partial charge >= 0.3 is 0 Å². The Morgan fingerprint density at radius 1 is 1.53 bits per heavy atom. The van der Waals surface area contributed by atoms with Crippen LogP contribution < -0.4 is 5.73 Å². The summed E-state index contributed by atoms with van der Waals surface area (Å²) in [6.07, 6.45) is 5.33. The second-order valence-corrected chi connectivity index (χ2v) is 4.81. The molecule has 0 atom stereocenters. The molecular weight excluding hydrogens is 208 g/mol. The van der Waals surface area contributed by atoms with Crippen molar-refractivity contribution in [3.8, 4) is 0 Å². The standard InChI is InChI=1S/C11H20N2OS/c1-2-6-13(8-10(12)15)11(14)7-9-4-3-5-9/h9H,2-8H2,1H3,(H2,12,15). The monoisotopic (exact) mass is 228 g/mol. The predicted molar refractivity (Wildman–Crippen MR) is 65.6 cm³/mol. The number of nitrogens with two attached hydrogens (primary N) is 1. The molecule has 0 spiro atoms. The van der Waals surface area contributed by atoms with Crippen LogP contribution in [0.25, 0.3) is 0 Å². The number of thiocarbonyl (C=S) groups is 1. The lowest BCUT2D eigenvalue weighted by Crippen LogP contribution is -2.39. The second-order valence-electron chi connectivity index (χ2n) is 4.28. The molecule has 86 valence electrons. The minimum Gasteiger partial charge on any atom is -0.392 e. The molecule has 0 aromatic carbocycles.